The molecule has 0 saturated heterocycles. The Balaban J connectivity index is 1.67. The SMILES string of the molecule is COc1ccc(Cl)c2sc(N(Cc3ccco3)C(=O)CS(=O)(=O)Cc3ccccc3)nc12. The van der Waals surface area contributed by atoms with Gasteiger partial charge in [-0.25, -0.2) is 13.4 Å². The number of thiazole rings is 1. The van der Waals surface area contributed by atoms with E-state index in [1.165, 1.54) is 29.6 Å². The van der Waals surface area contributed by atoms with Crippen LogP contribution in [-0.4, -0.2) is 32.2 Å². The molecule has 1 amide bonds. The van der Waals surface area contributed by atoms with Gasteiger partial charge in [0.05, 0.1) is 35.4 Å². The van der Waals surface area contributed by atoms with Gasteiger partial charge in [0.2, 0.25) is 5.91 Å². The number of carbonyl (C=O) groups excluding carboxylic acids is 1. The molecule has 10 heteroatoms. The average Bonchev–Trinajstić information content (AvgIpc) is 3.42. The quantitative estimate of drug-likeness (QED) is 0.355. The number of sulfone groups is 1. The molecule has 0 fully saturated rings. The Morgan fingerprint density at radius 1 is 1.16 bits per heavy atom. The van der Waals surface area contributed by atoms with Crippen LogP contribution in [0.15, 0.2) is 65.3 Å². The number of benzene rings is 2. The molecule has 32 heavy (non-hydrogen) atoms. The van der Waals surface area contributed by atoms with E-state index < -0.39 is 21.5 Å². The van der Waals surface area contributed by atoms with E-state index >= 15 is 0 Å². The second kappa shape index (κ2) is 9.32. The summed E-state index contributed by atoms with van der Waals surface area (Å²) in [5.41, 5.74) is 1.12. The molecule has 2 aromatic heterocycles. The predicted molar refractivity (Wildman–Crippen MR) is 125 cm³/mol. The largest absolute Gasteiger partial charge is 0.494 e. The maximum absolute atomic E-state index is 13.2. The lowest BCUT2D eigenvalue weighted by Gasteiger charge is -2.18. The normalized spacial score (nSPS) is 11.6. The van der Waals surface area contributed by atoms with E-state index in [-0.39, 0.29) is 12.3 Å². The molecule has 0 unspecified atom stereocenters. The summed E-state index contributed by atoms with van der Waals surface area (Å²) in [4.78, 5) is 19.0. The summed E-state index contributed by atoms with van der Waals surface area (Å²) in [6.45, 7) is 0.0342. The molecule has 2 heterocycles. The van der Waals surface area contributed by atoms with Gasteiger partial charge in [-0.1, -0.05) is 53.3 Å². The molecule has 4 rings (SSSR count). The van der Waals surface area contributed by atoms with Crippen LogP contribution in [0.2, 0.25) is 5.02 Å². The van der Waals surface area contributed by atoms with Crippen LogP contribution in [-0.2, 0) is 26.9 Å². The van der Waals surface area contributed by atoms with E-state index in [0.717, 1.165) is 0 Å². The third-order valence-electron chi connectivity index (χ3n) is 4.67. The number of hydrogen-bond acceptors (Lipinski definition) is 7. The van der Waals surface area contributed by atoms with Crippen LogP contribution in [0.3, 0.4) is 0 Å². The average molecular weight is 491 g/mol. The van der Waals surface area contributed by atoms with E-state index in [2.05, 4.69) is 4.98 Å². The first-order chi connectivity index (χ1) is 15.4. The number of ether oxygens (including phenoxy) is 1. The van der Waals surface area contributed by atoms with Gasteiger partial charge < -0.3 is 9.15 Å². The van der Waals surface area contributed by atoms with Crippen molar-refractivity contribution in [2.75, 3.05) is 17.8 Å². The zero-order valence-corrected chi connectivity index (χ0v) is 19.4. The molecule has 0 spiro atoms. The van der Waals surface area contributed by atoms with E-state index in [1.54, 1.807) is 54.6 Å². The van der Waals surface area contributed by atoms with Gasteiger partial charge in [0.15, 0.2) is 15.0 Å². The van der Waals surface area contributed by atoms with Crippen molar-refractivity contribution >= 4 is 54.0 Å². The minimum Gasteiger partial charge on any atom is -0.494 e. The molecule has 0 saturated carbocycles. The maximum atomic E-state index is 13.2. The van der Waals surface area contributed by atoms with E-state index in [9.17, 15) is 13.2 Å². The van der Waals surface area contributed by atoms with Gasteiger partial charge in [0.1, 0.15) is 22.8 Å². The first-order valence-electron chi connectivity index (χ1n) is 9.56. The Hall–Kier alpha value is -2.88. The molecule has 0 bridgehead atoms. The summed E-state index contributed by atoms with van der Waals surface area (Å²) in [5, 5.41) is 0.773. The lowest BCUT2D eigenvalue weighted by Crippen LogP contribution is -2.35. The summed E-state index contributed by atoms with van der Waals surface area (Å²) in [5.74, 6) is -0.492. The topological polar surface area (TPSA) is 89.7 Å². The van der Waals surface area contributed by atoms with E-state index in [4.69, 9.17) is 20.8 Å². The minimum atomic E-state index is -3.71. The predicted octanol–water partition coefficient (Wildman–Crippen LogP) is 4.70. The van der Waals surface area contributed by atoms with Crippen LogP contribution in [0, 0.1) is 0 Å². The van der Waals surface area contributed by atoms with E-state index in [0.29, 0.717) is 37.4 Å². The van der Waals surface area contributed by atoms with Crippen molar-refractivity contribution in [3.8, 4) is 5.75 Å². The third-order valence-corrected chi connectivity index (χ3v) is 7.66. The second-order valence-electron chi connectivity index (χ2n) is 7.00. The van der Waals surface area contributed by atoms with Gasteiger partial charge in [0.25, 0.3) is 0 Å². The second-order valence-corrected chi connectivity index (χ2v) is 10.5. The summed E-state index contributed by atoms with van der Waals surface area (Å²) in [6, 6.07) is 15.5. The molecule has 166 valence electrons. The number of furan rings is 1. The molecular formula is C22H19ClN2O5S2. The van der Waals surface area contributed by atoms with Crippen molar-refractivity contribution in [1.82, 2.24) is 4.98 Å². The number of halogens is 1. The van der Waals surface area contributed by atoms with Gasteiger partial charge in [0, 0.05) is 0 Å². The first kappa shape index (κ1) is 22.3. The maximum Gasteiger partial charge on any atom is 0.244 e. The number of hydrogen-bond donors (Lipinski definition) is 0. The number of rotatable bonds is 8. The Bertz CT molecular complexity index is 1340. The highest BCUT2D eigenvalue weighted by molar-refractivity contribution is 7.91. The van der Waals surface area contributed by atoms with Gasteiger partial charge >= 0.3 is 0 Å². The molecule has 0 aliphatic rings. The molecule has 4 aromatic rings. The Labute approximate surface area is 194 Å². The van der Waals surface area contributed by atoms with Gasteiger partial charge in [-0.2, -0.15) is 0 Å². The highest BCUT2D eigenvalue weighted by atomic mass is 35.5. The number of fused-ring (bicyclic) bond motifs is 1. The summed E-state index contributed by atoms with van der Waals surface area (Å²) in [7, 11) is -2.20. The smallest absolute Gasteiger partial charge is 0.244 e. The number of anilines is 1. The minimum absolute atomic E-state index is 0.0342. The van der Waals surface area contributed by atoms with Crippen molar-refractivity contribution in [2.45, 2.75) is 12.3 Å². The summed E-state index contributed by atoms with van der Waals surface area (Å²) in [6.07, 6.45) is 1.49. The van der Waals surface area contributed by atoms with Gasteiger partial charge in [-0.05, 0) is 29.8 Å². The fourth-order valence-corrected chi connectivity index (χ4v) is 5.79. The van der Waals surface area contributed by atoms with Gasteiger partial charge in [-0.15, -0.1) is 0 Å². The number of methoxy groups -OCH3 is 1. The lowest BCUT2D eigenvalue weighted by atomic mass is 10.2. The Morgan fingerprint density at radius 2 is 1.94 bits per heavy atom. The number of nitrogens with zero attached hydrogens (tertiary/aromatic N) is 2. The van der Waals surface area contributed by atoms with Crippen LogP contribution in [0.5, 0.6) is 5.75 Å². The Kier molecular flexibility index (Phi) is 6.50. The van der Waals surface area contributed by atoms with Crippen molar-refractivity contribution < 1.29 is 22.4 Å². The zero-order valence-electron chi connectivity index (χ0n) is 17.0. The molecule has 0 radical (unpaired) electrons. The monoisotopic (exact) mass is 490 g/mol. The third kappa shape index (κ3) is 4.95. The summed E-state index contributed by atoms with van der Waals surface area (Å²) >= 11 is 7.51. The van der Waals surface area contributed by atoms with Crippen molar-refractivity contribution in [3.63, 3.8) is 0 Å². The van der Waals surface area contributed by atoms with Crippen molar-refractivity contribution in [3.05, 3.63) is 77.2 Å². The van der Waals surface area contributed by atoms with Crippen LogP contribution < -0.4 is 9.64 Å². The molecule has 0 N–H and O–H groups in total. The van der Waals surface area contributed by atoms with E-state index in [1.807, 2.05) is 0 Å². The van der Waals surface area contributed by atoms with Crippen LogP contribution in [0.1, 0.15) is 11.3 Å². The molecular weight excluding hydrogens is 472 g/mol. The fourth-order valence-electron chi connectivity index (χ4n) is 3.19. The first-order valence-corrected chi connectivity index (χ1v) is 12.6. The lowest BCUT2D eigenvalue weighted by molar-refractivity contribution is -0.116. The standard InChI is InChI=1S/C22H19ClN2O5S2/c1-29-18-10-9-17(23)21-20(18)24-22(31-21)25(12-16-8-5-11-30-16)19(26)14-32(27,28)13-15-6-3-2-4-7-15/h2-11H,12-14H2,1H3. The molecule has 0 atom stereocenters. The van der Waals surface area contributed by atoms with Crippen molar-refractivity contribution in [2.24, 2.45) is 0 Å². The summed E-state index contributed by atoms with van der Waals surface area (Å²) < 4.78 is 36.9. The van der Waals surface area contributed by atoms with Crippen LogP contribution in [0.25, 0.3) is 10.2 Å². The van der Waals surface area contributed by atoms with Crippen LogP contribution in [0.4, 0.5) is 5.13 Å². The van der Waals surface area contributed by atoms with Crippen LogP contribution >= 0.6 is 22.9 Å². The number of aromatic nitrogens is 1. The molecule has 0 aliphatic heterocycles. The zero-order chi connectivity index (χ0) is 22.7. The molecule has 2 aromatic carbocycles. The highest BCUT2D eigenvalue weighted by Gasteiger charge is 2.27. The number of amides is 1. The van der Waals surface area contributed by atoms with Gasteiger partial charge in [-0.3, -0.25) is 9.69 Å². The molecule has 0 aliphatic carbocycles. The Morgan fingerprint density at radius 3 is 2.62 bits per heavy atom. The van der Waals surface area contributed by atoms with Crippen molar-refractivity contribution in [1.29, 1.82) is 0 Å². The fraction of sp³-hybridized carbons (Fsp3) is 0.182. The highest BCUT2D eigenvalue weighted by Crippen LogP contribution is 2.39. The number of carbonyl (C=O) groups is 1. The molecule has 7 nitrogen and oxygen atoms in total.